The normalized spacial score (nSPS) is 10.9. The molecule has 1 aromatic rings. The minimum atomic E-state index is 0.634. The minimum absolute atomic E-state index is 0.634. The Morgan fingerprint density at radius 3 is 2.65 bits per heavy atom. The van der Waals surface area contributed by atoms with Gasteiger partial charge in [0.1, 0.15) is 6.61 Å². The topological polar surface area (TPSA) is 33.7 Å². The van der Waals surface area contributed by atoms with Gasteiger partial charge in [0.05, 0.1) is 11.6 Å². The third-order valence-electron chi connectivity index (χ3n) is 2.83. The molecule has 0 aromatic heterocycles. The highest BCUT2D eigenvalue weighted by Crippen LogP contribution is 2.36. The van der Waals surface area contributed by atoms with Crippen molar-refractivity contribution >= 4 is 15.9 Å². The van der Waals surface area contributed by atoms with Gasteiger partial charge in [0.2, 0.25) is 0 Å². The molecule has 0 radical (unpaired) electrons. The average molecular weight is 345 g/mol. The Hall–Kier alpha value is -0.780. The van der Waals surface area contributed by atoms with Gasteiger partial charge in [-0.2, -0.15) is 0 Å². The van der Waals surface area contributed by atoms with E-state index in [2.05, 4.69) is 39.1 Å². The van der Waals surface area contributed by atoms with Crippen LogP contribution in [-0.4, -0.2) is 45.8 Å². The fraction of sp³-hybridized carbons (Fsp3) is 0.600. The van der Waals surface area contributed by atoms with E-state index in [4.69, 9.17) is 9.47 Å². The first kappa shape index (κ1) is 17.3. The van der Waals surface area contributed by atoms with E-state index in [1.807, 2.05) is 20.2 Å². The Balaban J connectivity index is 2.74. The molecular weight excluding hydrogens is 320 g/mol. The molecule has 1 rings (SSSR count). The molecule has 5 heteroatoms. The zero-order valence-electron chi connectivity index (χ0n) is 12.8. The van der Waals surface area contributed by atoms with Crippen LogP contribution in [-0.2, 0) is 6.54 Å². The lowest BCUT2D eigenvalue weighted by Gasteiger charge is -2.16. The lowest BCUT2D eigenvalue weighted by molar-refractivity contribution is 0.249. The van der Waals surface area contributed by atoms with Crippen LogP contribution in [0.15, 0.2) is 16.6 Å². The van der Waals surface area contributed by atoms with E-state index in [1.165, 1.54) is 5.56 Å². The second kappa shape index (κ2) is 9.21. The molecule has 0 saturated heterocycles. The number of rotatable bonds is 9. The second-order valence-electron chi connectivity index (χ2n) is 4.94. The SMILES string of the molecule is CCCNCc1cc(Br)c(OCCN(C)C)c(OC)c1. The molecule has 0 bridgehead atoms. The van der Waals surface area contributed by atoms with Crippen molar-refractivity contribution in [1.29, 1.82) is 0 Å². The molecule has 1 N–H and O–H groups in total. The summed E-state index contributed by atoms with van der Waals surface area (Å²) in [6.07, 6.45) is 1.13. The summed E-state index contributed by atoms with van der Waals surface area (Å²) in [7, 11) is 5.72. The fourth-order valence-corrected chi connectivity index (χ4v) is 2.36. The van der Waals surface area contributed by atoms with E-state index in [0.717, 1.165) is 42.0 Å². The summed E-state index contributed by atoms with van der Waals surface area (Å²) in [4.78, 5) is 2.09. The van der Waals surface area contributed by atoms with Crippen LogP contribution in [0, 0.1) is 0 Å². The van der Waals surface area contributed by atoms with Crippen molar-refractivity contribution in [1.82, 2.24) is 10.2 Å². The predicted molar refractivity (Wildman–Crippen MR) is 86.7 cm³/mol. The number of methoxy groups -OCH3 is 1. The van der Waals surface area contributed by atoms with Crippen LogP contribution in [0.1, 0.15) is 18.9 Å². The fourth-order valence-electron chi connectivity index (χ4n) is 1.76. The molecule has 0 spiro atoms. The summed E-state index contributed by atoms with van der Waals surface area (Å²) in [5.74, 6) is 1.54. The summed E-state index contributed by atoms with van der Waals surface area (Å²) in [6.45, 7) is 5.51. The molecule has 1 aromatic carbocycles. The number of hydrogen-bond donors (Lipinski definition) is 1. The lowest BCUT2D eigenvalue weighted by Crippen LogP contribution is -2.19. The Morgan fingerprint density at radius 1 is 1.30 bits per heavy atom. The minimum Gasteiger partial charge on any atom is -0.493 e. The van der Waals surface area contributed by atoms with Gasteiger partial charge < -0.3 is 19.7 Å². The summed E-state index contributed by atoms with van der Waals surface area (Å²) in [5.41, 5.74) is 1.18. The van der Waals surface area contributed by atoms with Crippen molar-refractivity contribution in [2.45, 2.75) is 19.9 Å². The highest BCUT2D eigenvalue weighted by atomic mass is 79.9. The molecule has 0 heterocycles. The van der Waals surface area contributed by atoms with Crippen LogP contribution in [0.4, 0.5) is 0 Å². The number of benzene rings is 1. The van der Waals surface area contributed by atoms with Crippen LogP contribution in [0.2, 0.25) is 0 Å². The van der Waals surface area contributed by atoms with Gasteiger partial charge in [-0.1, -0.05) is 6.92 Å². The molecule has 0 aliphatic heterocycles. The largest absolute Gasteiger partial charge is 0.493 e. The van der Waals surface area contributed by atoms with Gasteiger partial charge >= 0.3 is 0 Å². The van der Waals surface area contributed by atoms with E-state index < -0.39 is 0 Å². The average Bonchev–Trinajstić information content (AvgIpc) is 2.40. The van der Waals surface area contributed by atoms with Crippen molar-refractivity contribution in [2.24, 2.45) is 0 Å². The smallest absolute Gasteiger partial charge is 0.175 e. The number of hydrogen-bond acceptors (Lipinski definition) is 4. The third kappa shape index (κ3) is 5.69. The summed E-state index contributed by atoms with van der Waals surface area (Å²) in [5, 5.41) is 3.38. The van der Waals surface area contributed by atoms with E-state index in [9.17, 15) is 0 Å². The molecular formula is C15H25BrN2O2. The molecule has 0 fully saturated rings. The van der Waals surface area contributed by atoms with Crippen molar-refractivity contribution in [3.8, 4) is 11.5 Å². The van der Waals surface area contributed by atoms with E-state index in [-0.39, 0.29) is 0 Å². The zero-order chi connectivity index (χ0) is 15.0. The van der Waals surface area contributed by atoms with Gasteiger partial charge in [-0.15, -0.1) is 0 Å². The highest BCUT2D eigenvalue weighted by molar-refractivity contribution is 9.10. The van der Waals surface area contributed by atoms with Crippen molar-refractivity contribution in [2.75, 3.05) is 40.9 Å². The van der Waals surface area contributed by atoms with Crippen LogP contribution in [0.5, 0.6) is 11.5 Å². The van der Waals surface area contributed by atoms with Crippen LogP contribution < -0.4 is 14.8 Å². The van der Waals surface area contributed by atoms with Crippen molar-refractivity contribution in [3.05, 3.63) is 22.2 Å². The zero-order valence-corrected chi connectivity index (χ0v) is 14.4. The maximum Gasteiger partial charge on any atom is 0.175 e. The van der Waals surface area contributed by atoms with Crippen LogP contribution in [0.3, 0.4) is 0 Å². The van der Waals surface area contributed by atoms with Gasteiger partial charge in [0, 0.05) is 13.1 Å². The van der Waals surface area contributed by atoms with E-state index >= 15 is 0 Å². The Labute approximate surface area is 130 Å². The van der Waals surface area contributed by atoms with E-state index in [1.54, 1.807) is 7.11 Å². The highest BCUT2D eigenvalue weighted by Gasteiger charge is 2.11. The molecule has 0 aliphatic carbocycles. The number of halogens is 1. The van der Waals surface area contributed by atoms with Crippen molar-refractivity contribution in [3.63, 3.8) is 0 Å². The monoisotopic (exact) mass is 344 g/mol. The Kier molecular flexibility index (Phi) is 7.95. The molecule has 114 valence electrons. The molecule has 0 aliphatic rings. The van der Waals surface area contributed by atoms with E-state index in [0.29, 0.717) is 6.61 Å². The van der Waals surface area contributed by atoms with Gasteiger partial charge in [-0.05, 0) is 60.7 Å². The molecule has 4 nitrogen and oxygen atoms in total. The Bertz CT molecular complexity index is 411. The molecule has 0 saturated carbocycles. The predicted octanol–water partition coefficient (Wildman–Crippen LogP) is 2.90. The summed E-state index contributed by atoms with van der Waals surface area (Å²) in [6, 6.07) is 4.11. The maximum atomic E-state index is 5.82. The summed E-state index contributed by atoms with van der Waals surface area (Å²) >= 11 is 3.57. The third-order valence-corrected chi connectivity index (χ3v) is 3.42. The quantitative estimate of drug-likeness (QED) is 0.698. The lowest BCUT2D eigenvalue weighted by atomic mass is 10.2. The molecule has 0 atom stereocenters. The number of nitrogens with zero attached hydrogens (tertiary/aromatic N) is 1. The number of ether oxygens (including phenoxy) is 2. The maximum absolute atomic E-state index is 5.82. The van der Waals surface area contributed by atoms with Gasteiger partial charge in [0.15, 0.2) is 11.5 Å². The standard InChI is InChI=1S/C15H25BrN2O2/c1-5-6-17-11-12-9-13(16)15(14(10-12)19-4)20-8-7-18(2)3/h9-10,17H,5-8,11H2,1-4H3. The number of likely N-dealkylation sites (N-methyl/N-ethyl adjacent to an activating group) is 1. The first-order valence-electron chi connectivity index (χ1n) is 6.93. The van der Waals surface area contributed by atoms with Gasteiger partial charge in [-0.3, -0.25) is 0 Å². The second-order valence-corrected chi connectivity index (χ2v) is 5.79. The Morgan fingerprint density at radius 2 is 2.05 bits per heavy atom. The first-order valence-corrected chi connectivity index (χ1v) is 7.72. The van der Waals surface area contributed by atoms with Crippen LogP contribution >= 0.6 is 15.9 Å². The first-order chi connectivity index (χ1) is 9.58. The van der Waals surface area contributed by atoms with Gasteiger partial charge in [-0.25, -0.2) is 0 Å². The molecule has 20 heavy (non-hydrogen) atoms. The number of nitrogens with one attached hydrogen (secondary N) is 1. The molecule has 0 amide bonds. The summed E-state index contributed by atoms with van der Waals surface area (Å²) < 4.78 is 12.2. The van der Waals surface area contributed by atoms with Crippen LogP contribution in [0.25, 0.3) is 0 Å². The van der Waals surface area contributed by atoms with Gasteiger partial charge in [0.25, 0.3) is 0 Å². The van der Waals surface area contributed by atoms with Crippen molar-refractivity contribution < 1.29 is 9.47 Å². The molecule has 0 unspecified atom stereocenters.